The highest BCUT2D eigenvalue weighted by Crippen LogP contribution is 2.21. The molecule has 0 aromatic heterocycles. The second kappa shape index (κ2) is 10.2. The zero-order valence-electron chi connectivity index (χ0n) is 16.0. The van der Waals surface area contributed by atoms with Crippen LogP contribution in [0.25, 0.3) is 0 Å². The van der Waals surface area contributed by atoms with Crippen LogP contribution < -0.4 is 10.6 Å². The Balaban J connectivity index is 2.03. The molecule has 6 heteroatoms. The maximum atomic E-state index is 12.8. The van der Waals surface area contributed by atoms with Gasteiger partial charge in [-0.2, -0.15) is 0 Å². The fraction of sp³-hybridized carbons (Fsp3) is 0.333. The van der Waals surface area contributed by atoms with Crippen LogP contribution in [0.15, 0.2) is 53.0 Å². The number of hydrogen-bond donors (Lipinski definition) is 2. The second-order valence-corrected chi connectivity index (χ2v) is 7.18. The van der Waals surface area contributed by atoms with E-state index >= 15 is 0 Å². The number of nitrogens with one attached hydrogen (secondary N) is 2. The van der Waals surface area contributed by atoms with Gasteiger partial charge < -0.3 is 10.6 Å². The van der Waals surface area contributed by atoms with Crippen molar-refractivity contribution in [2.75, 3.05) is 25.0 Å². The van der Waals surface area contributed by atoms with E-state index in [4.69, 9.17) is 0 Å². The van der Waals surface area contributed by atoms with Gasteiger partial charge in [0.2, 0.25) is 11.8 Å². The lowest BCUT2D eigenvalue weighted by molar-refractivity contribution is -0.128. The molecule has 2 aromatic carbocycles. The third-order valence-corrected chi connectivity index (χ3v) is 4.92. The van der Waals surface area contributed by atoms with Gasteiger partial charge in [-0.25, -0.2) is 0 Å². The van der Waals surface area contributed by atoms with Crippen LogP contribution in [0.1, 0.15) is 31.0 Å². The van der Waals surface area contributed by atoms with Crippen molar-refractivity contribution in [3.8, 4) is 0 Å². The molecule has 0 heterocycles. The Hall–Kier alpha value is -2.18. The van der Waals surface area contributed by atoms with Crippen LogP contribution in [-0.2, 0) is 9.59 Å². The predicted molar refractivity (Wildman–Crippen MR) is 113 cm³/mol. The number of rotatable bonds is 8. The van der Waals surface area contributed by atoms with E-state index in [1.807, 2.05) is 69.3 Å². The number of halogens is 1. The number of likely N-dealkylation sites (N-methyl/N-ethyl adjacent to an activating group) is 1. The van der Waals surface area contributed by atoms with Crippen molar-refractivity contribution in [3.05, 3.63) is 64.1 Å². The molecule has 0 radical (unpaired) electrons. The van der Waals surface area contributed by atoms with Crippen LogP contribution >= 0.6 is 15.9 Å². The second-order valence-electron chi connectivity index (χ2n) is 6.26. The number of hydrogen-bond acceptors (Lipinski definition) is 3. The monoisotopic (exact) mass is 431 g/mol. The number of nitrogens with zero attached hydrogens (tertiary/aromatic N) is 1. The molecule has 0 fully saturated rings. The van der Waals surface area contributed by atoms with E-state index in [9.17, 15) is 9.59 Å². The molecule has 2 amide bonds. The van der Waals surface area contributed by atoms with Crippen molar-refractivity contribution in [2.24, 2.45) is 0 Å². The molecule has 0 saturated heterocycles. The molecule has 2 rings (SSSR count). The molecule has 1 atom stereocenters. The zero-order valence-corrected chi connectivity index (χ0v) is 17.5. The quantitative estimate of drug-likeness (QED) is 0.666. The summed E-state index contributed by atoms with van der Waals surface area (Å²) in [6.45, 7) is 7.39. The normalized spacial score (nSPS) is 11.9. The largest absolute Gasteiger partial charge is 0.345 e. The number of amides is 2. The summed E-state index contributed by atoms with van der Waals surface area (Å²) >= 11 is 3.40. The topological polar surface area (TPSA) is 61.4 Å². The maximum Gasteiger partial charge on any atom is 0.243 e. The predicted octanol–water partition coefficient (Wildman–Crippen LogP) is 3.90. The van der Waals surface area contributed by atoms with E-state index in [1.165, 1.54) is 0 Å². The van der Waals surface area contributed by atoms with E-state index < -0.39 is 6.04 Å². The van der Waals surface area contributed by atoms with Crippen molar-refractivity contribution < 1.29 is 9.59 Å². The van der Waals surface area contributed by atoms with Gasteiger partial charge in [0, 0.05) is 10.2 Å². The molecule has 1 unspecified atom stereocenters. The summed E-state index contributed by atoms with van der Waals surface area (Å²) in [6.07, 6.45) is 0. The van der Waals surface area contributed by atoms with E-state index in [0.29, 0.717) is 0 Å². The summed E-state index contributed by atoms with van der Waals surface area (Å²) < 4.78 is 0.955. The summed E-state index contributed by atoms with van der Waals surface area (Å²) in [7, 11) is 0. The van der Waals surface area contributed by atoms with Crippen LogP contribution in [0.2, 0.25) is 0 Å². The van der Waals surface area contributed by atoms with Gasteiger partial charge >= 0.3 is 0 Å². The summed E-state index contributed by atoms with van der Waals surface area (Å²) in [5.41, 5.74) is 2.61. The average molecular weight is 432 g/mol. The van der Waals surface area contributed by atoms with Crippen LogP contribution in [-0.4, -0.2) is 36.3 Å². The van der Waals surface area contributed by atoms with Crippen molar-refractivity contribution >= 4 is 33.4 Å². The highest BCUT2D eigenvalue weighted by molar-refractivity contribution is 9.10. The average Bonchev–Trinajstić information content (AvgIpc) is 2.67. The van der Waals surface area contributed by atoms with Gasteiger partial charge in [0.1, 0.15) is 6.04 Å². The lowest BCUT2D eigenvalue weighted by atomic mass is 10.0. The van der Waals surface area contributed by atoms with Gasteiger partial charge in [-0.3, -0.25) is 14.5 Å². The number of benzene rings is 2. The first-order chi connectivity index (χ1) is 13.0. The van der Waals surface area contributed by atoms with Crippen molar-refractivity contribution in [1.82, 2.24) is 10.2 Å². The molecule has 5 nitrogen and oxygen atoms in total. The van der Waals surface area contributed by atoms with E-state index in [-0.39, 0.29) is 18.4 Å². The Labute approximate surface area is 169 Å². The first-order valence-corrected chi connectivity index (χ1v) is 9.88. The van der Waals surface area contributed by atoms with Gasteiger partial charge in [-0.05, 0) is 49.3 Å². The van der Waals surface area contributed by atoms with Gasteiger partial charge in [0.05, 0.1) is 6.54 Å². The summed E-state index contributed by atoms with van der Waals surface area (Å²) in [5.74, 6) is -0.423. The smallest absolute Gasteiger partial charge is 0.243 e. The van der Waals surface area contributed by atoms with Crippen LogP contribution in [0.3, 0.4) is 0 Å². The molecule has 2 aromatic rings. The fourth-order valence-corrected chi connectivity index (χ4v) is 3.45. The first-order valence-electron chi connectivity index (χ1n) is 9.09. The Kier molecular flexibility index (Phi) is 8.00. The highest BCUT2D eigenvalue weighted by atomic mass is 79.9. The Morgan fingerprint density at radius 3 is 2.33 bits per heavy atom. The molecule has 0 spiro atoms. The number of anilines is 1. The summed E-state index contributed by atoms with van der Waals surface area (Å²) in [4.78, 5) is 27.2. The number of carbonyl (C=O) groups is 2. The SMILES string of the molecule is CCN(CC)C(C(=O)NCC(=O)Nc1ccc(Br)cc1C)c1ccccc1. The highest BCUT2D eigenvalue weighted by Gasteiger charge is 2.25. The maximum absolute atomic E-state index is 12.8. The Morgan fingerprint density at radius 2 is 1.74 bits per heavy atom. The lowest BCUT2D eigenvalue weighted by Crippen LogP contribution is -2.43. The van der Waals surface area contributed by atoms with Crippen LogP contribution in [0.5, 0.6) is 0 Å². The summed E-state index contributed by atoms with van der Waals surface area (Å²) in [5, 5.41) is 5.62. The minimum absolute atomic E-state index is 0.0705. The van der Waals surface area contributed by atoms with Crippen molar-refractivity contribution in [1.29, 1.82) is 0 Å². The number of aryl methyl sites for hydroxylation is 1. The molecule has 0 saturated carbocycles. The van der Waals surface area contributed by atoms with Gasteiger partial charge in [0.25, 0.3) is 0 Å². The van der Waals surface area contributed by atoms with E-state index in [1.54, 1.807) is 0 Å². The third kappa shape index (κ3) is 5.91. The molecule has 0 aliphatic rings. The van der Waals surface area contributed by atoms with Crippen LogP contribution in [0.4, 0.5) is 5.69 Å². The van der Waals surface area contributed by atoms with Crippen LogP contribution in [0, 0.1) is 6.92 Å². The molecule has 0 bridgehead atoms. The molecule has 0 aliphatic carbocycles. The molecule has 2 N–H and O–H groups in total. The van der Waals surface area contributed by atoms with Crippen molar-refractivity contribution in [3.63, 3.8) is 0 Å². The number of carbonyl (C=O) groups excluding carboxylic acids is 2. The molecule has 27 heavy (non-hydrogen) atoms. The molecule has 144 valence electrons. The zero-order chi connectivity index (χ0) is 19.8. The standard InChI is InChI=1S/C21H26BrN3O2/c1-4-25(5-2)20(16-9-7-6-8-10-16)21(27)23-14-19(26)24-18-12-11-17(22)13-15(18)3/h6-13,20H,4-5,14H2,1-3H3,(H,23,27)(H,24,26). The van der Waals surface area contributed by atoms with Gasteiger partial charge in [-0.15, -0.1) is 0 Å². The molecule has 0 aliphatic heterocycles. The fourth-order valence-electron chi connectivity index (χ4n) is 2.98. The minimum atomic E-state index is -0.414. The van der Waals surface area contributed by atoms with Gasteiger partial charge in [0.15, 0.2) is 0 Å². The van der Waals surface area contributed by atoms with E-state index in [0.717, 1.165) is 34.4 Å². The van der Waals surface area contributed by atoms with Gasteiger partial charge in [-0.1, -0.05) is 60.1 Å². The Bertz CT molecular complexity index is 776. The Morgan fingerprint density at radius 1 is 1.07 bits per heavy atom. The van der Waals surface area contributed by atoms with E-state index in [2.05, 4.69) is 31.5 Å². The summed E-state index contributed by atoms with van der Waals surface area (Å²) in [6, 6.07) is 14.9. The first kappa shape index (κ1) is 21.1. The van der Waals surface area contributed by atoms with Crippen molar-refractivity contribution in [2.45, 2.75) is 26.8 Å². The molecular weight excluding hydrogens is 406 g/mol. The minimum Gasteiger partial charge on any atom is -0.345 e. The lowest BCUT2D eigenvalue weighted by Gasteiger charge is -2.29. The molecular formula is C21H26BrN3O2. The third-order valence-electron chi connectivity index (χ3n) is 4.43.